The Balaban J connectivity index is 2.05. The minimum Gasteiger partial charge on any atom is -0.391 e. The maximum atomic E-state index is 9.29. The van der Waals surface area contributed by atoms with Gasteiger partial charge in [-0.3, -0.25) is 0 Å². The number of aryl methyl sites for hydroxylation is 1. The van der Waals surface area contributed by atoms with Crippen molar-refractivity contribution in [3.63, 3.8) is 0 Å². The lowest BCUT2D eigenvalue weighted by molar-refractivity contribution is 0.284. The van der Waals surface area contributed by atoms with E-state index in [4.69, 9.17) is 0 Å². The third-order valence-corrected chi connectivity index (χ3v) is 5.57. The topological polar surface area (TPSA) is 36.4 Å². The van der Waals surface area contributed by atoms with Crippen LogP contribution in [0, 0.1) is 0 Å². The lowest BCUT2D eigenvalue weighted by Crippen LogP contribution is -2.34. The Morgan fingerprint density at radius 2 is 2.18 bits per heavy atom. The van der Waals surface area contributed by atoms with Crippen LogP contribution in [0.1, 0.15) is 30.3 Å². The third kappa shape index (κ3) is 2.95. The van der Waals surface area contributed by atoms with Gasteiger partial charge in [0, 0.05) is 18.3 Å². The van der Waals surface area contributed by atoms with Crippen molar-refractivity contribution in [1.82, 2.24) is 4.98 Å². The minimum absolute atomic E-state index is 0.127. The van der Waals surface area contributed by atoms with Crippen LogP contribution in [0.4, 0.5) is 5.13 Å². The number of aromatic nitrogens is 1. The van der Waals surface area contributed by atoms with E-state index in [0.717, 1.165) is 40.5 Å². The monoisotopic (exact) mass is 272 g/mol. The average molecular weight is 272 g/mol. The van der Waals surface area contributed by atoms with Crippen molar-refractivity contribution in [3.05, 3.63) is 10.6 Å². The van der Waals surface area contributed by atoms with Gasteiger partial charge < -0.3 is 10.0 Å². The smallest absolute Gasteiger partial charge is 0.185 e. The number of rotatable bonds is 4. The van der Waals surface area contributed by atoms with Crippen LogP contribution < -0.4 is 4.90 Å². The zero-order chi connectivity index (χ0) is 12.3. The zero-order valence-electron chi connectivity index (χ0n) is 10.5. The van der Waals surface area contributed by atoms with Crippen molar-refractivity contribution in [2.75, 3.05) is 24.2 Å². The van der Waals surface area contributed by atoms with Crippen LogP contribution in [0.25, 0.3) is 0 Å². The summed E-state index contributed by atoms with van der Waals surface area (Å²) in [6.45, 7) is 4.43. The second-order valence-electron chi connectivity index (χ2n) is 4.30. The maximum Gasteiger partial charge on any atom is 0.185 e. The highest BCUT2D eigenvalue weighted by Crippen LogP contribution is 2.30. The summed E-state index contributed by atoms with van der Waals surface area (Å²) in [7, 11) is 0. The van der Waals surface area contributed by atoms with Crippen molar-refractivity contribution < 1.29 is 5.11 Å². The number of aliphatic hydroxyl groups excluding tert-OH is 1. The molecule has 0 aromatic carbocycles. The SMILES string of the molecule is CCc1nc(N2CCC(SC)CC2)sc1CO. The Kier molecular flexibility index (Phi) is 4.70. The summed E-state index contributed by atoms with van der Waals surface area (Å²) in [6, 6.07) is 0. The molecule has 1 N–H and O–H groups in total. The number of piperidine rings is 1. The quantitative estimate of drug-likeness (QED) is 0.914. The zero-order valence-corrected chi connectivity index (χ0v) is 12.1. The van der Waals surface area contributed by atoms with E-state index in [1.807, 2.05) is 11.8 Å². The van der Waals surface area contributed by atoms with E-state index in [9.17, 15) is 5.11 Å². The molecule has 0 atom stereocenters. The maximum absolute atomic E-state index is 9.29. The van der Waals surface area contributed by atoms with Gasteiger partial charge in [0.2, 0.25) is 0 Å². The standard InChI is InChI=1S/C12H20N2OS2/c1-3-10-11(8-15)17-12(13-10)14-6-4-9(16-2)5-7-14/h9,15H,3-8H2,1-2H3. The van der Waals surface area contributed by atoms with Crippen LogP contribution in [-0.4, -0.2) is 34.7 Å². The highest BCUT2D eigenvalue weighted by Gasteiger charge is 2.21. The van der Waals surface area contributed by atoms with Crippen LogP contribution >= 0.6 is 23.1 Å². The van der Waals surface area contributed by atoms with Gasteiger partial charge in [0.1, 0.15) is 0 Å². The fourth-order valence-corrected chi connectivity index (χ4v) is 3.93. The van der Waals surface area contributed by atoms with Gasteiger partial charge in [0.05, 0.1) is 17.2 Å². The number of thioether (sulfide) groups is 1. The van der Waals surface area contributed by atoms with E-state index >= 15 is 0 Å². The molecule has 2 heterocycles. The van der Waals surface area contributed by atoms with E-state index in [1.54, 1.807) is 11.3 Å². The molecular formula is C12H20N2OS2. The van der Waals surface area contributed by atoms with E-state index in [2.05, 4.69) is 23.1 Å². The first-order valence-electron chi connectivity index (χ1n) is 6.15. The van der Waals surface area contributed by atoms with E-state index < -0.39 is 0 Å². The molecule has 0 unspecified atom stereocenters. The van der Waals surface area contributed by atoms with Crippen molar-refractivity contribution in [3.8, 4) is 0 Å². The number of aliphatic hydroxyl groups is 1. The molecule has 17 heavy (non-hydrogen) atoms. The van der Waals surface area contributed by atoms with Gasteiger partial charge in [-0.1, -0.05) is 18.3 Å². The molecule has 1 fully saturated rings. The predicted molar refractivity (Wildman–Crippen MR) is 76.2 cm³/mol. The van der Waals surface area contributed by atoms with Gasteiger partial charge in [-0.2, -0.15) is 11.8 Å². The molecule has 0 aliphatic carbocycles. The molecule has 1 aromatic rings. The highest BCUT2D eigenvalue weighted by molar-refractivity contribution is 7.99. The summed E-state index contributed by atoms with van der Waals surface area (Å²) < 4.78 is 0. The normalized spacial score (nSPS) is 17.7. The molecule has 1 aliphatic heterocycles. The van der Waals surface area contributed by atoms with Crippen molar-refractivity contribution >= 4 is 28.2 Å². The fourth-order valence-electron chi connectivity index (χ4n) is 2.19. The molecule has 0 saturated carbocycles. The van der Waals surface area contributed by atoms with E-state index in [1.165, 1.54) is 12.8 Å². The second-order valence-corrected chi connectivity index (χ2v) is 6.50. The van der Waals surface area contributed by atoms with Crippen molar-refractivity contribution in [2.24, 2.45) is 0 Å². The minimum atomic E-state index is 0.127. The number of thiazole rings is 1. The Bertz CT molecular complexity index is 338. The number of hydrogen-bond acceptors (Lipinski definition) is 5. The summed E-state index contributed by atoms with van der Waals surface area (Å²) in [5.41, 5.74) is 1.07. The first-order valence-corrected chi connectivity index (χ1v) is 8.26. The van der Waals surface area contributed by atoms with Crippen molar-refractivity contribution in [1.29, 1.82) is 0 Å². The Morgan fingerprint density at radius 1 is 1.47 bits per heavy atom. The van der Waals surface area contributed by atoms with Gasteiger partial charge >= 0.3 is 0 Å². The molecule has 3 nitrogen and oxygen atoms in total. The summed E-state index contributed by atoms with van der Waals surface area (Å²) in [5, 5.41) is 11.2. The van der Waals surface area contributed by atoms with Gasteiger partial charge in [-0.05, 0) is 25.5 Å². The summed E-state index contributed by atoms with van der Waals surface area (Å²) in [5.74, 6) is 0. The molecule has 1 aliphatic rings. The van der Waals surface area contributed by atoms with Crippen LogP contribution in [-0.2, 0) is 13.0 Å². The molecule has 0 amide bonds. The van der Waals surface area contributed by atoms with Gasteiger partial charge in [0.15, 0.2) is 5.13 Å². The van der Waals surface area contributed by atoms with Gasteiger partial charge in [0.25, 0.3) is 0 Å². The molecule has 1 aromatic heterocycles. The highest BCUT2D eigenvalue weighted by atomic mass is 32.2. The average Bonchev–Trinajstić information content (AvgIpc) is 2.82. The first-order chi connectivity index (χ1) is 8.28. The van der Waals surface area contributed by atoms with Gasteiger partial charge in [-0.25, -0.2) is 4.98 Å². The predicted octanol–water partition coefficient (Wildman–Crippen LogP) is 2.53. The molecule has 5 heteroatoms. The van der Waals surface area contributed by atoms with Crippen LogP contribution in [0.2, 0.25) is 0 Å². The lowest BCUT2D eigenvalue weighted by Gasteiger charge is -2.30. The third-order valence-electron chi connectivity index (χ3n) is 3.29. The lowest BCUT2D eigenvalue weighted by atomic mass is 10.1. The van der Waals surface area contributed by atoms with Crippen molar-refractivity contribution in [2.45, 2.75) is 38.0 Å². The number of anilines is 1. The molecule has 0 spiro atoms. The Morgan fingerprint density at radius 3 is 2.65 bits per heavy atom. The van der Waals surface area contributed by atoms with E-state index in [-0.39, 0.29) is 6.61 Å². The Hall–Kier alpha value is -0.260. The molecule has 0 bridgehead atoms. The molecule has 0 radical (unpaired) electrons. The summed E-state index contributed by atoms with van der Waals surface area (Å²) in [4.78, 5) is 8.06. The van der Waals surface area contributed by atoms with Gasteiger partial charge in [-0.15, -0.1) is 0 Å². The molecule has 96 valence electrons. The first kappa shape index (κ1) is 13.2. The molecule has 2 rings (SSSR count). The second kappa shape index (κ2) is 6.07. The molecular weight excluding hydrogens is 252 g/mol. The largest absolute Gasteiger partial charge is 0.391 e. The molecule has 1 saturated heterocycles. The van der Waals surface area contributed by atoms with Crippen LogP contribution in [0.15, 0.2) is 0 Å². The Labute approximate surface area is 111 Å². The fraction of sp³-hybridized carbons (Fsp3) is 0.750. The van der Waals surface area contributed by atoms with E-state index in [0.29, 0.717) is 0 Å². The van der Waals surface area contributed by atoms with Crippen LogP contribution in [0.3, 0.4) is 0 Å². The summed E-state index contributed by atoms with van der Waals surface area (Å²) >= 11 is 3.63. The number of hydrogen-bond donors (Lipinski definition) is 1. The number of nitrogens with zero attached hydrogens (tertiary/aromatic N) is 2. The van der Waals surface area contributed by atoms with Crippen LogP contribution in [0.5, 0.6) is 0 Å². The summed E-state index contributed by atoms with van der Waals surface area (Å²) in [6.07, 6.45) is 5.60.